The Morgan fingerprint density at radius 1 is 1.11 bits per heavy atom. The molecule has 1 saturated carbocycles. The van der Waals surface area contributed by atoms with Gasteiger partial charge in [-0.05, 0) is 92.9 Å². The number of piperidine rings is 1. The van der Waals surface area contributed by atoms with Gasteiger partial charge in [0.15, 0.2) is 6.73 Å². The predicted molar refractivity (Wildman–Crippen MR) is 139 cm³/mol. The number of hydrogen-bond donors (Lipinski definition) is 1. The summed E-state index contributed by atoms with van der Waals surface area (Å²) < 4.78 is 5.92. The minimum absolute atomic E-state index is 0.200. The van der Waals surface area contributed by atoms with Crippen LogP contribution in [0.2, 0.25) is 5.02 Å². The number of halogens is 1. The first-order valence-corrected chi connectivity index (χ1v) is 13.4. The van der Waals surface area contributed by atoms with E-state index in [-0.39, 0.29) is 24.0 Å². The lowest BCUT2D eigenvalue weighted by Gasteiger charge is -2.41. The standard InChI is InChI=1S/C29H35ClN2O4/c1-19(2)29(28(35)32-17-23-15-24(30)6-7-26(23)36-18-32)11-8-25(16-29)31-12-9-20(10-13-31)21-4-3-5-22(14-21)27(33)34/h3-7,14-15,19-20,25H,8-13,16-18H2,1-2H3,(H,33,34)/t25-,29+/m1/s1. The van der Waals surface area contributed by atoms with Crippen LogP contribution in [-0.2, 0) is 11.3 Å². The van der Waals surface area contributed by atoms with Gasteiger partial charge in [0, 0.05) is 16.6 Å². The SMILES string of the molecule is CC(C)[C@]1(C(=O)N2COc3ccc(Cl)cc3C2)CC[C@@H](N2CCC(c3cccc(C(=O)O)c3)CC2)C1. The Balaban J connectivity index is 1.24. The molecule has 6 nitrogen and oxygen atoms in total. The number of carbonyl (C=O) groups is 2. The van der Waals surface area contributed by atoms with Crippen LogP contribution in [0.5, 0.6) is 5.75 Å². The van der Waals surface area contributed by atoms with Crippen molar-refractivity contribution < 1.29 is 19.4 Å². The van der Waals surface area contributed by atoms with Crippen LogP contribution in [-0.4, -0.2) is 52.6 Å². The summed E-state index contributed by atoms with van der Waals surface area (Å²) in [6, 6.07) is 13.4. The molecule has 0 bridgehead atoms. The van der Waals surface area contributed by atoms with Gasteiger partial charge in [0.1, 0.15) is 5.75 Å². The topological polar surface area (TPSA) is 70.1 Å². The number of ether oxygens (including phenoxy) is 1. The molecule has 3 aliphatic rings. The smallest absolute Gasteiger partial charge is 0.335 e. The predicted octanol–water partition coefficient (Wildman–Crippen LogP) is 5.79. The zero-order chi connectivity index (χ0) is 25.4. The lowest BCUT2D eigenvalue weighted by molar-refractivity contribution is -0.150. The molecule has 5 rings (SSSR count). The number of carboxylic acid groups (broad SMARTS) is 1. The molecular weight excluding hydrogens is 476 g/mol. The lowest BCUT2D eigenvalue weighted by Crippen LogP contribution is -2.49. The van der Waals surface area contributed by atoms with Crippen molar-refractivity contribution >= 4 is 23.5 Å². The fraction of sp³-hybridized carbons (Fsp3) is 0.517. The Kier molecular flexibility index (Phi) is 7.01. The van der Waals surface area contributed by atoms with Crippen LogP contribution >= 0.6 is 11.6 Å². The quantitative estimate of drug-likeness (QED) is 0.551. The number of carbonyl (C=O) groups excluding carboxylic acids is 1. The van der Waals surface area contributed by atoms with Gasteiger partial charge in [-0.2, -0.15) is 0 Å². The summed E-state index contributed by atoms with van der Waals surface area (Å²) in [7, 11) is 0. The third-order valence-electron chi connectivity index (χ3n) is 8.75. The maximum Gasteiger partial charge on any atom is 0.335 e. The maximum absolute atomic E-state index is 14.0. The van der Waals surface area contributed by atoms with Crippen LogP contribution in [0.3, 0.4) is 0 Å². The Bertz CT molecular complexity index is 1140. The number of amides is 1. The van der Waals surface area contributed by atoms with E-state index in [1.165, 1.54) is 0 Å². The van der Waals surface area contributed by atoms with Gasteiger partial charge in [0.25, 0.3) is 0 Å². The second-order valence-corrected chi connectivity index (χ2v) is 11.4. The van der Waals surface area contributed by atoms with Gasteiger partial charge in [-0.3, -0.25) is 4.79 Å². The third-order valence-corrected chi connectivity index (χ3v) is 8.99. The summed E-state index contributed by atoms with van der Waals surface area (Å²) >= 11 is 6.19. The first-order chi connectivity index (χ1) is 17.3. The molecule has 192 valence electrons. The van der Waals surface area contributed by atoms with Crippen LogP contribution in [0.15, 0.2) is 42.5 Å². The molecule has 2 atom stereocenters. The average Bonchev–Trinajstić information content (AvgIpc) is 3.35. The second kappa shape index (κ2) is 10.1. The molecular formula is C29H35ClN2O4. The molecule has 7 heteroatoms. The molecule has 0 spiro atoms. The van der Waals surface area contributed by atoms with Crippen molar-refractivity contribution in [2.75, 3.05) is 19.8 Å². The number of benzene rings is 2. The fourth-order valence-electron chi connectivity index (χ4n) is 6.51. The molecule has 2 aromatic carbocycles. The van der Waals surface area contributed by atoms with Crippen molar-refractivity contribution in [3.05, 3.63) is 64.2 Å². The van der Waals surface area contributed by atoms with E-state index >= 15 is 0 Å². The van der Waals surface area contributed by atoms with Crippen molar-refractivity contribution in [1.29, 1.82) is 0 Å². The van der Waals surface area contributed by atoms with E-state index in [0.717, 1.165) is 62.1 Å². The molecule has 1 aliphatic carbocycles. The minimum Gasteiger partial charge on any atom is -0.478 e. The molecule has 2 fully saturated rings. The van der Waals surface area contributed by atoms with Crippen molar-refractivity contribution in [3.63, 3.8) is 0 Å². The van der Waals surface area contributed by atoms with Gasteiger partial charge in [-0.1, -0.05) is 37.6 Å². The molecule has 2 heterocycles. The number of aromatic carboxylic acids is 1. The van der Waals surface area contributed by atoms with Crippen molar-refractivity contribution in [1.82, 2.24) is 9.80 Å². The van der Waals surface area contributed by atoms with Crippen molar-refractivity contribution in [3.8, 4) is 5.75 Å². The number of nitrogens with zero attached hydrogens (tertiary/aromatic N) is 2. The highest BCUT2D eigenvalue weighted by Gasteiger charge is 2.51. The van der Waals surface area contributed by atoms with Crippen LogP contribution in [0.25, 0.3) is 0 Å². The molecule has 1 saturated heterocycles. The van der Waals surface area contributed by atoms with Gasteiger partial charge in [-0.15, -0.1) is 0 Å². The molecule has 1 amide bonds. The summed E-state index contributed by atoms with van der Waals surface area (Å²) in [6.45, 7) is 7.14. The lowest BCUT2D eigenvalue weighted by atomic mass is 9.74. The molecule has 1 N–H and O–H groups in total. The molecule has 36 heavy (non-hydrogen) atoms. The van der Waals surface area contributed by atoms with E-state index in [1.807, 2.05) is 35.2 Å². The number of likely N-dealkylation sites (tertiary alicyclic amines) is 1. The molecule has 0 radical (unpaired) electrons. The monoisotopic (exact) mass is 510 g/mol. The third kappa shape index (κ3) is 4.73. The molecule has 2 aromatic rings. The summed E-state index contributed by atoms with van der Waals surface area (Å²) in [5, 5.41) is 9.99. The number of fused-ring (bicyclic) bond motifs is 1. The Hall–Kier alpha value is -2.57. The summed E-state index contributed by atoms with van der Waals surface area (Å²) in [5.74, 6) is 0.762. The fourth-order valence-corrected chi connectivity index (χ4v) is 6.70. The average molecular weight is 511 g/mol. The highest BCUT2D eigenvalue weighted by atomic mass is 35.5. The first-order valence-electron chi connectivity index (χ1n) is 13.0. The Morgan fingerprint density at radius 3 is 2.61 bits per heavy atom. The van der Waals surface area contributed by atoms with Gasteiger partial charge >= 0.3 is 5.97 Å². The van der Waals surface area contributed by atoms with Gasteiger partial charge in [0.05, 0.1) is 17.5 Å². The first kappa shape index (κ1) is 25.1. The van der Waals surface area contributed by atoms with E-state index in [1.54, 1.807) is 6.07 Å². The second-order valence-electron chi connectivity index (χ2n) is 11.0. The van der Waals surface area contributed by atoms with Gasteiger partial charge in [-0.25, -0.2) is 4.79 Å². The number of hydrogen-bond acceptors (Lipinski definition) is 4. The number of rotatable bonds is 5. The Labute approximate surface area is 218 Å². The van der Waals surface area contributed by atoms with Crippen LogP contribution in [0.4, 0.5) is 0 Å². The zero-order valence-corrected chi connectivity index (χ0v) is 21.8. The van der Waals surface area contributed by atoms with Gasteiger partial charge < -0.3 is 19.6 Å². The van der Waals surface area contributed by atoms with Crippen molar-refractivity contribution in [2.24, 2.45) is 11.3 Å². The maximum atomic E-state index is 14.0. The molecule has 0 unspecified atom stereocenters. The minimum atomic E-state index is -0.874. The Morgan fingerprint density at radius 2 is 1.89 bits per heavy atom. The number of carboxylic acids is 1. The van der Waals surface area contributed by atoms with E-state index in [9.17, 15) is 14.7 Å². The molecule has 2 aliphatic heterocycles. The summed E-state index contributed by atoms with van der Waals surface area (Å²) in [4.78, 5) is 29.8. The summed E-state index contributed by atoms with van der Waals surface area (Å²) in [6.07, 6.45) is 4.83. The highest BCUT2D eigenvalue weighted by molar-refractivity contribution is 6.30. The van der Waals surface area contributed by atoms with E-state index < -0.39 is 5.97 Å². The highest BCUT2D eigenvalue weighted by Crippen LogP contribution is 2.48. The molecule has 0 aromatic heterocycles. The zero-order valence-electron chi connectivity index (χ0n) is 21.1. The van der Waals surface area contributed by atoms with Crippen molar-refractivity contribution in [2.45, 2.75) is 64.5 Å². The van der Waals surface area contributed by atoms with E-state index in [0.29, 0.717) is 29.1 Å². The van der Waals surface area contributed by atoms with Crippen LogP contribution < -0.4 is 4.74 Å². The van der Waals surface area contributed by atoms with E-state index in [2.05, 4.69) is 24.8 Å². The summed E-state index contributed by atoms with van der Waals surface area (Å²) in [5.41, 5.74) is 2.07. The largest absolute Gasteiger partial charge is 0.478 e. The normalized spacial score (nSPS) is 25.0. The van der Waals surface area contributed by atoms with Crippen LogP contribution in [0, 0.1) is 11.3 Å². The van der Waals surface area contributed by atoms with E-state index in [4.69, 9.17) is 16.3 Å². The van der Waals surface area contributed by atoms with Crippen LogP contribution in [0.1, 0.15) is 73.4 Å². The van der Waals surface area contributed by atoms with Gasteiger partial charge in [0.2, 0.25) is 5.91 Å².